The summed E-state index contributed by atoms with van der Waals surface area (Å²) in [5, 5.41) is 0. The van der Waals surface area contributed by atoms with E-state index in [9.17, 15) is 13.2 Å². The Balaban J connectivity index is 2.04. The van der Waals surface area contributed by atoms with Gasteiger partial charge in [0.25, 0.3) is 0 Å². The molecule has 1 saturated heterocycles. The highest BCUT2D eigenvalue weighted by Gasteiger charge is 2.24. The smallest absolute Gasteiger partial charge is 0.246 e. The molecule has 0 bridgehead atoms. The van der Waals surface area contributed by atoms with Crippen molar-refractivity contribution < 1.29 is 17.9 Å². The van der Waals surface area contributed by atoms with E-state index in [2.05, 4.69) is 4.72 Å². The second kappa shape index (κ2) is 7.25. The van der Waals surface area contributed by atoms with E-state index in [0.717, 1.165) is 5.56 Å². The Kier molecular flexibility index (Phi) is 5.56. The lowest BCUT2D eigenvalue weighted by Gasteiger charge is -2.34. The lowest BCUT2D eigenvalue weighted by atomic mass is 10.2. The normalized spacial score (nSPS) is 22.5. The number of nitrogens with zero attached hydrogens (tertiary/aromatic N) is 1. The number of ether oxygens (including phenoxy) is 1. The Hall–Kier alpha value is -1.70. The van der Waals surface area contributed by atoms with Crippen LogP contribution in [-0.4, -0.2) is 51.6 Å². The number of amides is 1. The van der Waals surface area contributed by atoms with E-state index in [-0.39, 0.29) is 23.0 Å². The second-order valence-corrected chi connectivity index (χ2v) is 7.50. The van der Waals surface area contributed by atoms with Gasteiger partial charge in [0, 0.05) is 19.2 Å². The highest BCUT2D eigenvalue weighted by molar-refractivity contribution is 7.89. The molecule has 1 aliphatic rings. The van der Waals surface area contributed by atoms with Gasteiger partial charge >= 0.3 is 0 Å². The molecule has 1 N–H and O–H groups in total. The molecule has 126 valence electrons. The van der Waals surface area contributed by atoms with E-state index in [0.29, 0.717) is 13.1 Å². The molecule has 0 aromatic heterocycles. The van der Waals surface area contributed by atoms with Gasteiger partial charge in [-0.25, -0.2) is 13.1 Å². The molecule has 0 spiro atoms. The van der Waals surface area contributed by atoms with Crippen LogP contribution in [0, 0.1) is 0 Å². The number of nitrogens with one attached hydrogen (secondary N) is 1. The zero-order valence-electron chi connectivity index (χ0n) is 13.5. The Morgan fingerprint density at radius 2 is 1.78 bits per heavy atom. The van der Waals surface area contributed by atoms with Crippen LogP contribution in [0.2, 0.25) is 0 Å². The van der Waals surface area contributed by atoms with Gasteiger partial charge in [0.15, 0.2) is 0 Å². The zero-order chi connectivity index (χ0) is 17.0. The van der Waals surface area contributed by atoms with Gasteiger partial charge in [0.05, 0.1) is 17.1 Å². The lowest BCUT2D eigenvalue weighted by Crippen LogP contribution is -2.47. The minimum Gasteiger partial charge on any atom is -0.372 e. The molecular weight excluding hydrogens is 316 g/mol. The van der Waals surface area contributed by atoms with Crippen LogP contribution in [-0.2, 0) is 19.6 Å². The molecule has 0 unspecified atom stereocenters. The number of benzene rings is 1. The summed E-state index contributed by atoms with van der Waals surface area (Å²) in [6, 6.07) is 6.35. The minimum atomic E-state index is -3.44. The third-order valence-electron chi connectivity index (χ3n) is 3.61. The summed E-state index contributed by atoms with van der Waals surface area (Å²) in [5.41, 5.74) is 0.766. The minimum absolute atomic E-state index is 0.0298. The van der Waals surface area contributed by atoms with Crippen LogP contribution in [0.15, 0.2) is 35.2 Å². The number of sulfonamides is 1. The number of hydrogen-bond acceptors (Lipinski definition) is 4. The largest absolute Gasteiger partial charge is 0.372 e. The summed E-state index contributed by atoms with van der Waals surface area (Å²) in [4.78, 5) is 14.2. The molecular formula is C16H22N2O4S. The molecule has 2 rings (SSSR count). The molecule has 1 aromatic rings. The van der Waals surface area contributed by atoms with Crippen LogP contribution in [0.4, 0.5) is 0 Å². The summed E-state index contributed by atoms with van der Waals surface area (Å²) in [5.74, 6) is -0.0704. The topological polar surface area (TPSA) is 75.7 Å². The zero-order valence-corrected chi connectivity index (χ0v) is 14.3. The van der Waals surface area contributed by atoms with E-state index in [4.69, 9.17) is 4.74 Å². The fourth-order valence-electron chi connectivity index (χ4n) is 2.51. The Bertz CT molecular complexity index is 673. The second-order valence-electron chi connectivity index (χ2n) is 5.61. The van der Waals surface area contributed by atoms with Crippen molar-refractivity contribution >= 4 is 22.0 Å². The predicted molar refractivity (Wildman–Crippen MR) is 88.3 cm³/mol. The van der Waals surface area contributed by atoms with Gasteiger partial charge in [-0.1, -0.05) is 12.1 Å². The predicted octanol–water partition coefficient (Wildman–Crippen LogP) is 1.24. The van der Waals surface area contributed by atoms with Crippen LogP contribution in [0.1, 0.15) is 19.4 Å². The summed E-state index contributed by atoms with van der Waals surface area (Å²) in [7, 11) is -2.07. The highest BCUT2D eigenvalue weighted by Crippen LogP contribution is 2.13. The summed E-state index contributed by atoms with van der Waals surface area (Å²) >= 11 is 0. The molecule has 1 heterocycles. The van der Waals surface area contributed by atoms with Crippen molar-refractivity contribution in [3.05, 3.63) is 35.9 Å². The van der Waals surface area contributed by atoms with Crippen LogP contribution >= 0.6 is 0 Å². The van der Waals surface area contributed by atoms with E-state index in [1.165, 1.54) is 25.3 Å². The number of hydrogen-bond donors (Lipinski definition) is 1. The molecule has 6 nitrogen and oxygen atoms in total. The van der Waals surface area contributed by atoms with Crippen molar-refractivity contribution in [2.24, 2.45) is 0 Å². The third-order valence-corrected chi connectivity index (χ3v) is 5.04. The van der Waals surface area contributed by atoms with Crippen LogP contribution in [0.25, 0.3) is 6.08 Å². The highest BCUT2D eigenvalue weighted by atomic mass is 32.2. The van der Waals surface area contributed by atoms with Gasteiger partial charge in [-0.2, -0.15) is 0 Å². The molecule has 7 heteroatoms. The van der Waals surface area contributed by atoms with Crippen molar-refractivity contribution in [1.82, 2.24) is 9.62 Å². The van der Waals surface area contributed by atoms with Crippen molar-refractivity contribution in [2.75, 3.05) is 20.1 Å². The molecule has 23 heavy (non-hydrogen) atoms. The molecule has 1 fully saturated rings. The first-order valence-electron chi connectivity index (χ1n) is 7.48. The van der Waals surface area contributed by atoms with Crippen LogP contribution in [0.3, 0.4) is 0 Å². The van der Waals surface area contributed by atoms with Gasteiger partial charge in [-0.3, -0.25) is 4.79 Å². The Labute approximate surface area is 137 Å². The van der Waals surface area contributed by atoms with Crippen molar-refractivity contribution in [1.29, 1.82) is 0 Å². The van der Waals surface area contributed by atoms with Crippen molar-refractivity contribution in [3.63, 3.8) is 0 Å². The summed E-state index contributed by atoms with van der Waals surface area (Å²) in [6.45, 7) is 5.04. The number of carbonyl (C=O) groups is 1. The molecule has 1 aromatic carbocycles. The fourth-order valence-corrected chi connectivity index (χ4v) is 3.24. The van der Waals surface area contributed by atoms with Crippen molar-refractivity contribution in [2.45, 2.75) is 31.0 Å². The van der Waals surface area contributed by atoms with Crippen molar-refractivity contribution in [3.8, 4) is 0 Å². The standard InChI is InChI=1S/C16H22N2O4S/c1-12-10-18(11-13(2)22-12)16(19)9-6-14-4-7-15(8-5-14)23(20,21)17-3/h4-9,12-13,17H,10-11H2,1-3H3/b9-6+/t12-,13+. The van der Waals surface area contributed by atoms with E-state index >= 15 is 0 Å². The van der Waals surface area contributed by atoms with Gasteiger partial charge in [0.1, 0.15) is 0 Å². The van der Waals surface area contributed by atoms with E-state index in [1.54, 1.807) is 23.1 Å². The maximum atomic E-state index is 12.2. The van der Waals surface area contributed by atoms with Crippen LogP contribution < -0.4 is 4.72 Å². The lowest BCUT2D eigenvalue weighted by molar-refractivity contribution is -0.137. The number of carbonyl (C=O) groups excluding carboxylic acids is 1. The van der Waals surface area contributed by atoms with Gasteiger partial charge in [-0.05, 0) is 44.7 Å². The van der Waals surface area contributed by atoms with Gasteiger partial charge < -0.3 is 9.64 Å². The summed E-state index contributed by atoms with van der Waals surface area (Å²) < 4.78 is 31.2. The first-order valence-corrected chi connectivity index (χ1v) is 8.96. The number of morpholine rings is 1. The average Bonchev–Trinajstić information content (AvgIpc) is 2.52. The molecule has 0 saturated carbocycles. The van der Waals surface area contributed by atoms with Crippen LogP contribution in [0.5, 0.6) is 0 Å². The maximum absolute atomic E-state index is 12.2. The van der Waals surface area contributed by atoms with E-state index in [1.807, 2.05) is 13.8 Å². The molecule has 1 amide bonds. The molecule has 1 aliphatic heterocycles. The van der Waals surface area contributed by atoms with Gasteiger partial charge in [-0.15, -0.1) is 0 Å². The average molecular weight is 338 g/mol. The quantitative estimate of drug-likeness (QED) is 0.838. The Morgan fingerprint density at radius 3 is 2.30 bits per heavy atom. The molecule has 2 atom stereocenters. The number of rotatable bonds is 4. The van der Waals surface area contributed by atoms with Gasteiger partial charge in [0.2, 0.25) is 15.9 Å². The Morgan fingerprint density at radius 1 is 1.22 bits per heavy atom. The van der Waals surface area contributed by atoms with E-state index < -0.39 is 10.0 Å². The SMILES string of the molecule is CNS(=O)(=O)c1ccc(/C=C/C(=O)N2C[C@@H](C)O[C@@H](C)C2)cc1. The molecule has 0 radical (unpaired) electrons. The summed E-state index contributed by atoms with van der Waals surface area (Å²) in [6.07, 6.45) is 3.25. The monoisotopic (exact) mass is 338 g/mol. The third kappa shape index (κ3) is 4.63. The maximum Gasteiger partial charge on any atom is 0.246 e. The first kappa shape index (κ1) is 17.7. The fraction of sp³-hybridized carbons (Fsp3) is 0.438. The molecule has 0 aliphatic carbocycles. The first-order chi connectivity index (χ1) is 10.8.